The summed E-state index contributed by atoms with van der Waals surface area (Å²) in [6, 6.07) is 4.00. The number of aliphatic hydroxyl groups is 4. The molecule has 10 atom stereocenters. The zero-order valence-corrected chi connectivity index (χ0v) is 38.3. The minimum absolute atomic E-state index is 0.0321. The fourth-order valence-electron chi connectivity index (χ4n) is 12.8. The minimum Gasteiger partial charge on any atom is -0.396 e. The van der Waals surface area contributed by atoms with Crippen LogP contribution in [0.3, 0.4) is 0 Å². The standard InChI is InChI=1S/C24H39N3O2.C20H35NO2.C5H8N2/c1-23(2)10-8-18-19(14-27-22(26-4)9-12-25)21(6-5-20(18)23)24(3)11-7-17(29)13-16(24)15-28;1-19(2)8-7-15-16(11-21)18(5-4-17(15)19)20(3)9-6-14(23)10-13(20)12-22;1-5(7-2)3-4-6/h9,16-17,19,21,26-29H,5-8,10-11,13-15H2,1-4H3;13-14,16,18,22-23H,4-12,21H2,1-3H3;3,7H,1-2H3/b22-9+;;5-3-/t16-,17+,19+,21+,24+;13-,14+,16+,18+,20+;/m11./s1. The maximum Gasteiger partial charge on any atom is 0.109 e. The Morgan fingerprint density at radius 3 is 1.54 bits per heavy atom. The highest BCUT2D eigenvalue weighted by atomic mass is 16.3. The molecular weight excluding hydrogens is 737 g/mol. The molecule has 10 heteroatoms. The van der Waals surface area contributed by atoms with E-state index in [4.69, 9.17) is 16.3 Å². The van der Waals surface area contributed by atoms with E-state index in [1.165, 1.54) is 44.3 Å². The third kappa shape index (κ3) is 10.8. The van der Waals surface area contributed by atoms with Gasteiger partial charge >= 0.3 is 0 Å². The quantitative estimate of drug-likeness (QED) is 0.0818. The number of aliphatic hydroxyl groups excluding tert-OH is 4. The molecule has 0 unspecified atom stereocenters. The van der Waals surface area contributed by atoms with E-state index >= 15 is 0 Å². The summed E-state index contributed by atoms with van der Waals surface area (Å²) in [6.07, 6.45) is 17.2. The van der Waals surface area contributed by atoms with Crippen molar-refractivity contribution in [3.05, 3.63) is 46.0 Å². The van der Waals surface area contributed by atoms with Crippen molar-refractivity contribution in [1.29, 1.82) is 10.5 Å². The average molecular weight is 819 g/mol. The van der Waals surface area contributed by atoms with E-state index in [2.05, 4.69) is 63.6 Å². The molecule has 332 valence electrons. The SMILES string of the molecule is CC1(C)CCC2=C1CC[C@H]([C@@]1(C)CC[C@H](O)C[C@@H]1CO)[C@H]2CN.CN/C(=C\C#N)NC[C@H]1C2=C(CC[C@@H]1[C@@]1(C)CC[C@H](O)C[C@@H]1CO)C(C)(C)CC2.CN/C(C)=C\C#N. The monoisotopic (exact) mass is 819 g/mol. The minimum atomic E-state index is -0.282. The van der Waals surface area contributed by atoms with E-state index < -0.39 is 0 Å². The average Bonchev–Trinajstić information content (AvgIpc) is 3.71. The van der Waals surface area contributed by atoms with E-state index in [1.54, 1.807) is 29.3 Å². The number of nitriles is 2. The topological polar surface area (TPSA) is 191 Å². The lowest BCUT2D eigenvalue weighted by Crippen LogP contribution is -2.49. The van der Waals surface area contributed by atoms with Gasteiger partial charge in [-0.15, -0.1) is 0 Å². The highest BCUT2D eigenvalue weighted by Crippen LogP contribution is 2.60. The van der Waals surface area contributed by atoms with E-state index in [9.17, 15) is 20.4 Å². The maximum atomic E-state index is 10.2. The van der Waals surface area contributed by atoms with Gasteiger partial charge < -0.3 is 42.1 Å². The van der Waals surface area contributed by atoms with Crippen molar-refractivity contribution in [2.45, 2.75) is 151 Å². The van der Waals surface area contributed by atoms with Crippen LogP contribution in [0.25, 0.3) is 0 Å². The molecule has 0 aliphatic heterocycles. The van der Waals surface area contributed by atoms with E-state index in [0.29, 0.717) is 35.5 Å². The van der Waals surface area contributed by atoms with Crippen LogP contribution in [0.4, 0.5) is 0 Å². The Kier molecular flexibility index (Phi) is 17.2. The van der Waals surface area contributed by atoms with Crippen molar-refractivity contribution in [3.8, 4) is 12.1 Å². The number of nitrogens with zero attached hydrogens (tertiary/aromatic N) is 2. The van der Waals surface area contributed by atoms with Crippen LogP contribution in [-0.4, -0.2) is 73.0 Å². The number of nitrogens with one attached hydrogen (secondary N) is 3. The number of nitrogens with two attached hydrogens (primary N) is 1. The fraction of sp³-hybridized carbons (Fsp3) is 0.796. The first-order valence-electron chi connectivity index (χ1n) is 22.9. The van der Waals surface area contributed by atoms with Crippen LogP contribution in [-0.2, 0) is 0 Å². The molecule has 0 bridgehead atoms. The third-order valence-corrected chi connectivity index (χ3v) is 16.8. The first-order valence-corrected chi connectivity index (χ1v) is 22.9. The van der Waals surface area contributed by atoms with Crippen LogP contribution in [0.5, 0.6) is 0 Å². The second-order valence-electron chi connectivity index (χ2n) is 20.7. The van der Waals surface area contributed by atoms with Crippen molar-refractivity contribution < 1.29 is 20.4 Å². The lowest BCUT2D eigenvalue weighted by molar-refractivity contribution is -0.0581. The van der Waals surface area contributed by atoms with Gasteiger partial charge in [0.15, 0.2) is 0 Å². The summed E-state index contributed by atoms with van der Waals surface area (Å²) in [5.74, 6) is 3.05. The molecule has 0 aromatic rings. The van der Waals surface area contributed by atoms with Gasteiger partial charge in [-0.1, -0.05) is 63.8 Å². The highest BCUT2D eigenvalue weighted by Gasteiger charge is 2.53. The van der Waals surface area contributed by atoms with Crippen molar-refractivity contribution in [3.63, 3.8) is 0 Å². The van der Waals surface area contributed by atoms with Crippen molar-refractivity contribution in [1.82, 2.24) is 16.0 Å². The van der Waals surface area contributed by atoms with Gasteiger partial charge in [-0.3, -0.25) is 0 Å². The van der Waals surface area contributed by atoms with Gasteiger partial charge in [-0.25, -0.2) is 0 Å². The Labute approximate surface area is 357 Å². The zero-order valence-electron chi connectivity index (χ0n) is 38.3. The smallest absolute Gasteiger partial charge is 0.109 e. The molecule has 0 heterocycles. The van der Waals surface area contributed by atoms with Gasteiger partial charge in [-0.05, 0) is 155 Å². The van der Waals surface area contributed by atoms with E-state index in [0.717, 1.165) is 76.0 Å². The Morgan fingerprint density at radius 1 is 0.695 bits per heavy atom. The molecule has 0 saturated heterocycles. The summed E-state index contributed by atoms with van der Waals surface area (Å²) < 4.78 is 0. The Morgan fingerprint density at radius 2 is 1.15 bits per heavy atom. The number of hydrogen-bond donors (Lipinski definition) is 8. The predicted octanol–water partition coefficient (Wildman–Crippen LogP) is 7.34. The molecule has 2 saturated carbocycles. The Balaban J connectivity index is 0.000000229. The normalized spacial score (nSPS) is 36.4. The molecule has 6 rings (SSSR count). The lowest BCUT2D eigenvalue weighted by atomic mass is 9.53. The van der Waals surface area contributed by atoms with Crippen molar-refractivity contribution >= 4 is 0 Å². The molecule has 2 fully saturated rings. The summed E-state index contributed by atoms with van der Waals surface area (Å²) in [6.45, 7) is 18.0. The number of rotatable bonds is 10. The molecule has 6 aliphatic carbocycles. The molecule has 0 aromatic carbocycles. The van der Waals surface area contributed by atoms with Gasteiger partial charge in [0.2, 0.25) is 0 Å². The first-order chi connectivity index (χ1) is 27.9. The lowest BCUT2D eigenvalue weighted by Gasteiger charge is -2.52. The van der Waals surface area contributed by atoms with Gasteiger partial charge in [0, 0.05) is 51.5 Å². The predicted molar refractivity (Wildman–Crippen MR) is 238 cm³/mol. The van der Waals surface area contributed by atoms with Crippen molar-refractivity contribution in [2.24, 2.45) is 62.9 Å². The fourth-order valence-corrected chi connectivity index (χ4v) is 12.8. The van der Waals surface area contributed by atoms with Crippen LogP contribution in [0.15, 0.2) is 46.0 Å². The molecule has 9 N–H and O–H groups in total. The Hall–Kier alpha value is -2.86. The molecule has 59 heavy (non-hydrogen) atoms. The molecule has 0 spiro atoms. The second-order valence-corrected chi connectivity index (χ2v) is 20.7. The molecular formula is C49H82N6O4. The largest absolute Gasteiger partial charge is 0.396 e. The molecule has 0 radical (unpaired) electrons. The summed E-state index contributed by atoms with van der Waals surface area (Å²) >= 11 is 0. The van der Waals surface area contributed by atoms with Crippen LogP contribution < -0.4 is 21.7 Å². The summed E-state index contributed by atoms with van der Waals surface area (Å²) in [5.41, 5.74) is 14.6. The van der Waals surface area contributed by atoms with Crippen LogP contribution in [0.1, 0.15) is 138 Å². The zero-order chi connectivity index (χ0) is 43.8. The molecule has 0 aromatic heterocycles. The Bertz CT molecular complexity index is 1630. The first kappa shape index (κ1) is 48.8. The van der Waals surface area contributed by atoms with Gasteiger partial charge in [0.25, 0.3) is 0 Å². The molecule has 10 nitrogen and oxygen atoms in total. The van der Waals surface area contributed by atoms with Crippen LogP contribution >= 0.6 is 0 Å². The van der Waals surface area contributed by atoms with Gasteiger partial charge in [0.05, 0.1) is 30.4 Å². The van der Waals surface area contributed by atoms with Crippen LogP contribution in [0, 0.1) is 79.8 Å². The highest BCUT2D eigenvalue weighted by molar-refractivity contribution is 5.34. The molecule has 6 aliphatic rings. The maximum absolute atomic E-state index is 10.2. The van der Waals surface area contributed by atoms with Gasteiger partial charge in [-0.2, -0.15) is 10.5 Å². The van der Waals surface area contributed by atoms with E-state index in [1.807, 2.05) is 20.0 Å². The number of hydrogen-bond acceptors (Lipinski definition) is 10. The molecule has 0 amide bonds. The van der Waals surface area contributed by atoms with Gasteiger partial charge in [0.1, 0.15) is 5.82 Å². The van der Waals surface area contributed by atoms with Crippen LogP contribution in [0.2, 0.25) is 0 Å². The van der Waals surface area contributed by atoms with Crippen molar-refractivity contribution in [2.75, 3.05) is 40.4 Å². The van der Waals surface area contributed by atoms with E-state index in [-0.39, 0.29) is 53.5 Å². The summed E-state index contributed by atoms with van der Waals surface area (Å²) in [5, 5.41) is 66.8. The summed E-state index contributed by atoms with van der Waals surface area (Å²) in [4.78, 5) is 0. The third-order valence-electron chi connectivity index (χ3n) is 16.8. The second kappa shape index (κ2) is 20.8. The number of allylic oxidation sites excluding steroid dienone is 5. The summed E-state index contributed by atoms with van der Waals surface area (Å²) in [7, 11) is 3.62.